The minimum atomic E-state index is 0.0815. The summed E-state index contributed by atoms with van der Waals surface area (Å²) in [6, 6.07) is 7.13. The Morgan fingerprint density at radius 2 is 2.37 bits per heavy atom. The summed E-state index contributed by atoms with van der Waals surface area (Å²) in [4.78, 5) is 13.7. The average Bonchev–Trinajstić information content (AvgIpc) is 2.87. The predicted octanol–water partition coefficient (Wildman–Crippen LogP) is 1.95. The second-order valence-electron chi connectivity index (χ2n) is 4.73. The van der Waals surface area contributed by atoms with Gasteiger partial charge in [0.1, 0.15) is 5.75 Å². The molecule has 4 nitrogen and oxygen atoms in total. The lowest BCUT2D eigenvalue weighted by atomic mass is 10.1. The number of hydrogen-bond donors (Lipinski definition) is 1. The van der Waals surface area contributed by atoms with Crippen LogP contribution < -0.4 is 4.74 Å². The number of benzene rings is 1. The van der Waals surface area contributed by atoms with Gasteiger partial charge in [0.25, 0.3) is 0 Å². The molecule has 1 aliphatic heterocycles. The summed E-state index contributed by atoms with van der Waals surface area (Å²) in [7, 11) is 0. The predicted molar refractivity (Wildman–Crippen MR) is 73.3 cm³/mol. The highest BCUT2D eigenvalue weighted by Gasteiger charge is 2.25. The summed E-state index contributed by atoms with van der Waals surface area (Å²) in [5.74, 6) is 0.991. The first-order chi connectivity index (χ1) is 9.19. The van der Waals surface area contributed by atoms with Crippen molar-refractivity contribution in [2.45, 2.75) is 12.8 Å². The highest BCUT2D eigenvalue weighted by atomic mass is 35.5. The van der Waals surface area contributed by atoms with Gasteiger partial charge in [-0.15, -0.1) is 0 Å². The third-order valence-electron chi connectivity index (χ3n) is 3.28. The molecule has 2 rings (SSSR count). The van der Waals surface area contributed by atoms with Crippen LogP contribution in [0.1, 0.15) is 12.8 Å². The molecular formula is C14H18ClNO3. The smallest absolute Gasteiger partial charge is 0.226 e. The van der Waals surface area contributed by atoms with Crippen molar-refractivity contribution in [1.29, 1.82) is 0 Å². The van der Waals surface area contributed by atoms with Gasteiger partial charge in [0.15, 0.2) is 0 Å². The zero-order valence-electron chi connectivity index (χ0n) is 10.7. The summed E-state index contributed by atoms with van der Waals surface area (Å²) in [6.45, 7) is 1.90. The standard InChI is InChI=1S/C14H18ClNO3/c15-12-2-1-3-13(8-12)19-7-5-14(18)16-6-4-11(9-16)10-17/h1-3,8,11,17H,4-7,9-10H2. The quantitative estimate of drug-likeness (QED) is 0.899. The van der Waals surface area contributed by atoms with Gasteiger partial charge >= 0.3 is 0 Å². The molecular weight excluding hydrogens is 266 g/mol. The van der Waals surface area contributed by atoms with Crippen molar-refractivity contribution in [2.24, 2.45) is 5.92 Å². The molecule has 1 atom stereocenters. The molecule has 1 heterocycles. The van der Waals surface area contributed by atoms with Crippen molar-refractivity contribution < 1.29 is 14.6 Å². The Kier molecular flexibility index (Phi) is 5.05. The van der Waals surface area contributed by atoms with E-state index in [1.54, 1.807) is 17.0 Å². The van der Waals surface area contributed by atoms with Crippen molar-refractivity contribution in [3.63, 3.8) is 0 Å². The van der Waals surface area contributed by atoms with E-state index in [-0.39, 0.29) is 18.4 Å². The topological polar surface area (TPSA) is 49.8 Å². The second kappa shape index (κ2) is 6.78. The molecule has 1 aromatic rings. The monoisotopic (exact) mass is 283 g/mol. The van der Waals surface area contributed by atoms with Gasteiger partial charge in [-0.05, 0) is 24.6 Å². The van der Waals surface area contributed by atoms with Crippen LogP contribution in [0.3, 0.4) is 0 Å². The maximum atomic E-state index is 11.9. The fourth-order valence-corrected chi connectivity index (χ4v) is 2.36. The molecule has 0 spiro atoms. The van der Waals surface area contributed by atoms with Crippen LogP contribution in [0.4, 0.5) is 0 Å². The van der Waals surface area contributed by atoms with Crippen LogP contribution in [-0.2, 0) is 4.79 Å². The van der Waals surface area contributed by atoms with E-state index in [9.17, 15) is 4.79 Å². The summed E-state index contributed by atoms with van der Waals surface area (Å²) in [5, 5.41) is 9.66. The minimum Gasteiger partial charge on any atom is -0.493 e. The van der Waals surface area contributed by atoms with Crippen LogP contribution in [0.15, 0.2) is 24.3 Å². The van der Waals surface area contributed by atoms with Crippen LogP contribution in [0.2, 0.25) is 5.02 Å². The fraction of sp³-hybridized carbons (Fsp3) is 0.500. The first kappa shape index (κ1) is 14.2. The third-order valence-corrected chi connectivity index (χ3v) is 3.51. The number of amides is 1. The summed E-state index contributed by atoms with van der Waals surface area (Å²) in [5.41, 5.74) is 0. The number of carbonyl (C=O) groups is 1. The Labute approximate surface area is 117 Å². The highest BCUT2D eigenvalue weighted by molar-refractivity contribution is 6.30. The summed E-state index contributed by atoms with van der Waals surface area (Å²) < 4.78 is 5.49. The zero-order valence-corrected chi connectivity index (χ0v) is 11.5. The van der Waals surface area contributed by atoms with E-state index in [1.807, 2.05) is 12.1 Å². The number of halogens is 1. The van der Waals surface area contributed by atoms with Crippen molar-refractivity contribution in [3.05, 3.63) is 29.3 Å². The molecule has 0 aromatic heterocycles. The van der Waals surface area contributed by atoms with Gasteiger partial charge in [-0.2, -0.15) is 0 Å². The van der Waals surface area contributed by atoms with E-state index in [0.717, 1.165) is 13.0 Å². The molecule has 1 aromatic carbocycles. The van der Waals surface area contributed by atoms with Crippen LogP contribution in [0, 0.1) is 5.92 Å². The minimum absolute atomic E-state index is 0.0815. The first-order valence-corrected chi connectivity index (χ1v) is 6.84. The molecule has 1 amide bonds. The fourth-order valence-electron chi connectivity index (χ4n) is 2.18. The second-order valence-corrected chi connectivity index (χ2v) is 5.17. The molecule has 0 saturated carbocycles. The molecule has 1 unspecified atom stereocenters. The number of likely N-dealkylation sites (tertiary alicyclic amines) is 1. The third kappa shape index (κ3) is 4.11. The SMILES string of the molecule is O=C(CCOc1cccc(Cl)c1)N1CCC(CO)C1. The number of carbonyl (C=O) groups excluding carboxylic acids is 1. The van der Waals surface area contributed by atoms with Gasteiger partial charge in [-0.3, -0.25) is 4.79 Å². The Balaban J connectivity index is 1.72. The lowest BCUT2D eigenvalue weighted by Gasteiger charge is -2.16. The zero-order chi connectivity index (χ0) is 13.7. The number of aliphatic hydroxyl groups excluding tert-OH is 1. The Bertz CT molecular complexity index is 438. The number of ether oxygens (including phenoxy) is 1. The highest BCUT2D eigenvalue weighted by Crippen LogP contribution is 2.18. The van der Waals surface area contributed by atoms with E-state index < -0.39 is 0 Å². The van der Waals surface area contributed by atoms with Gasteiger partial charge in [-0.25, -0.2) is 0 Å². The van der Waals surface area contributed by atoms with E-state index in [4.69, 9.17) is 21.4 Å². The average molecular weight is 284 g/mol. The normalized spacial score (nSPS) is 18.6. The largest absolute Gasteiger partial charge is 0.493 e. The van der Waals surface area contributed by atoms with Crippen molar-refractivity contribution >= 4 is 17.5 Å². The van der Waals surface area contributed by atoms with E-state index >= 15 is 0 Å². The number of aliphatic hydroxyl groups is 1. The van der Waals surface area contributed by atoms with Gasteiger partial charge < -0.3 is 14.7 Å². The van der Waals surface area contributed by atoms with Crippen LogP contribution in [-0.4, -0.2) is 42.2 Å². The van der Waals surface area contributed by atoms with Crippen LogP contribution >= 0.6 is 11.6 Å². The molecule has 19 heavy (non-hydrogen) atoms. The molecule has 104 valence electrons. The van der Waals surface area contributed by atoms with Gasteiger partial charge in [-0.1, -0.05) is 17.7 Å². The van der Waals surface area contributed by atoms with E-state index in [2.05, 4.69) is 0 Å². The lowest BCUT2D eigenvalue weighted by molar-refractivity contribution is -0.130. The van der Waals surface area contributed by atoms with Crippen LogP contribution in [0.25, 0.3) is 0 Å². The summed E-state index contributed by atoms with van der Waals surface area (Å²) >= 11 is 5.84. The van der Waals surface area contributed by atoms with Crippen molar-refractivity contribution in [2.75, 3.05) is 26.3 Å². The van der Waals surface area contributed by atoms with Crippen LogP contribution in [0.5, 0.6) is 5.75 Å². The molecule has 0 bridgehead atoms. The van der Waals surface area contributed by atoms with Crippen molar-refractivity contribution in [3.8, 4) is 5.75 Å². The number of rotatable bonds is 5. The van der Waals surface area contributed by atoms with Gasteiger partial charge in [0.2, 0.25) is 5.91 Å². The molecule has 1 aliphatic rings. The first-order valence-electron chi connectivity index (χ1n) is 6.46. The molecule has 5 heteroatoms. The van der Waals surface area contributed by atoms with E-state index in [0.29, 0.717) is 30.3 Å². The van der Waals surface area contributed by atoms with Crippen molar-refractivity contribution in [1.82, 2.24) is 4.90 Å². The molecule has 0 aliphatic carbocycles. The molecule has 1 saturated heterocycles. The molecule has 1 fully saturated rings. The Morgan fingerprint density at radius 3 is 3.05 bits per heavy atom. The lowest BCUT2D eigenvalue weighted by Crippen LogP contribution is -2.30. The Hall–Kier alpha value is -1.26. The molecule has 0 radical (unpaired) electrons. The number of nitrogens with zero attached hydrogens (tertiary/aromatic N) is 1. The maximum absolute atomic E-state index is 11.9. The number of hydrogen-bond acceptors (Lipinski definition) is 3. The van der Waals surface area contributed by atoms with Gasteiger partial charge in [0, 0.05) is 30.6 Å². The maximum Gasteiger partial charge on any atom is 0.226 e. The Morgan fingerprint density at radius 1 is 1.53 bits per heavy atom. The molecule has 1 N–H and O–H groups in total. The van der Waals surface area contributed by atoms with Gasteiger partial charge in [0.05, 0.1) is 13.0 Å². The van der Waals surface area contributed by atoms with E-state index in [1.165, 1.54) is 0 Å². The summed E-state index contributed by atoms with van der Waals surface area (Å²) in [6.07, 6.45) is 1.24.